The number of methoxy groups -OCH3 is 1. The molecule has 2 nitrogen and oxygen atoms in total. The summed E-state index contributed by atoms with van der Waals surface area (Å²) in [4.78, 5) is 0. The molecule has 0 aromatic heterocycles. The Labute approximate surface area is 93.8 Å². The third-order valence-corrected chi connectivity index (χ3v) is 4.38. The van der Waals surface area contributed by atoms with Crippen molar-refractivity contribution < 1.29 is 4.74 Å². The summed E-state index contributed by atoms with van der Waals surface area (Å²) in [6.07, 6.45) is 8.69. The summed E-state index contributed by atoms with van der Waals surface area (Å²) in [5, 5.41) is 3.56. The zero-order valence-corrected chi connectivity index (χ0v) is 10.2. The first-order valence-corrected chi connectivity index (χ1v) is 6.57. The highest BCUT2D eigenvalue weighted by molar-refractivity contribution is 5.09. The number of nitrogens with one attached hydrogen (secondary N) is 1. The molecule has 0 amide bonds. The van der Waals surface area contributed by atoms with Gasteiger partial charge in [-0.25, -0.2) is 0 Å². The van der Waals surface area contributed by atoms with E-state index in [0.29, 0.717) is 11.5 Å². The van der Waals surface area contributed by atoms with Crippen LogP contribution in [0.25, 0.3) is 0 Å². The molecule has 15 heavy (non-hydrogen) atoms. The Kier molecular flexibility index (Phi) is 3.68. The van der Waals surface area contributed by atoms with Gasteiger partial charge < -0.3 is 10.1 Å². The zero-order valence-electron chi connectivity index (χ0n) is 10.2. The predicted octanol–water partition coefficient (Wildman–Crippen LogP) is 2.58. The van der Waals surface area contributed by atoms with E-state index >= 15 is 0 Å². The Balaban J connectivity index is 1.81. The molecule has 2 aliphatic carbocycles. The van der Waals surface area contributed by atoms with Crippen LogP contribution in [-0.4, -0.2) is 26.3 Å². The van der Waals surface area contributed by atoms with E-state index in [4.69, 9.17) is 4.74 Å². The van der Waals surface area contributed by atoms with Gasteiger partial charge in [-0.1, -0.05) is 19.8 Å². The zero-order chi connectivity index (χ0) is 10.7. The van der Waals surface area contributed by atoms with E-state index in [9.17, 15) is 0 Å². The van der Waals surface area contributed by atoms with Crippen LogP contribution in [0.1, 0.15) is 45.4 Å². The van der Waals surface area contributed by atoms with Crippen molar-refractivity contribution in [3.05, 3.63) is 0 Å². The van der Waals surface area contributed by atoms with Crippen molar-refractivity contribution in [3.63, 3.8) is 0 Å². The lowest BCUT2D eigenvalue weighted by Crippen LogP contribution is -2.32. The van der Waals surface area contributed by atoms with E-state index in [2.05, 4.69) is 12.2 Å². The number of hydrogen-bond acceptors (Lipinski definition) is 2. The van der Waals surface area contributed by atoms with Gasteiger partial charge in [-0.3, -0.25) is 0 Å². The van der Waals surface area contributed by atoms with Crippen LogP contribution in [0.5, 0.6) is 0 Å². The van der Waals surface area contributed by atoms with Crippen molar-refractivity contribution in [3.8, 4) is 0 Å². The molecule has 0 saturated heterocycles. The Morgan fingerprint density at radius 3 is 3.00 bits per heavy atom. The fourth-order valence-electron chi connectivity index (χ4n) is 3.41. The van der Waals surface area contributed by atoms with Crippen LogP contribution in [0.2, 0.25) is 0 Å². The van der Waals surface area contributed by atoms with Gasteiger partial charge in [0.15, 0.2) is 0 Å². The number of hydrogen-bond donors (Lipinski definition) is 1. The molecule has 2 saturated carbocycles. The monoisotopic (exact) mass is 211 g/mol. The van der Waals surface area contributed by atoms with Crippen LogP contribution >= 0.6 is 0 Å². The Bertz CT molecular complexity index is 207. The second-order valence-corrected chi connectivity index (χ2v) is 5.31. The minimum absolute atomic E-state index is 0.555. The van der Waals surface area contributed by atoms with Crippen LogP contribution in [0, 0.1) is 11.3 Å². The molecule has 2 heteroatoms. The van der Waals surface area contributed by atoms with Crippen molar-refractivity contribution in [1.29, 1.82) is 0 Å². The second kappa shape index (κ2) is 4.84. The van der Waals surface area contributed by atoms with Crippen molar-refractivity contribution in [2.24, 2.45) is 11.3 Å². The van der Waals surface area contributed by atoms with E-state index < -0.39 is 0 Å². The van der Waals surface area contributed by atoms with Gasteiger partial charge >= 0.3 is 0 Å². The number of rotatable bonds is 5. The van der Waals surface area contributed by atoms with Crippen LogP contribution in [0.15, 0.2) is 0 Å². The molecule has 0 heterocycles. The molecule has 0 radical (unpaired) electrons. The van der Waals surface area contributed by atoms with E-state index in [-0.39, 0.29) is 0 Å². The van der Waals surface area contributed by atoms with Gasteiger partial charge in [0.2, 0.25) is 0 Å². The highest BCUT2D eigenvalue weighted by Crippen LogP contribution is 2.61. The lowest BCUT2D eigenvalue weighted by molar-refractivity contribution is 0.00307. The minimum atomic E-state index is 0.555. The Morgan fingerprint density at radius 1 is 1.40 bits per heavy atom. The van der Waals surface area contributed by atoms with Gasteiger partial charge in [0.1, 0.15) is 0 Å². The summed E-state index contributed by atoms with van der Waals surface area (Å²) in [7, 11) is 1.90. The molecule has 0 aliphatic heterocycles. The van der Waals surface area contributed by atoms with Crippen molar-refractivity contribution in [1.82, 2.24) is 5.32 Å². The average molecular weight is 211 g/mol. The summed E-state index contributed by atoms with van der Waals surface area (Å²) in [6.45, 7) is 4.62. The van der Waals surface area contributed by atoms with Crippen molar-refractivity contribution in [2.45, 2.75) is 51.6 Å². The van der Waals surface area contributed by atoms with E-state index in [1.807, 2.05) is 7.11 Å². The molecule has 1 N–H and O–H groups in total. The Hall–Kier alpha value is -0.0800. The lowest BCUT2D eigenvalue weighted by atomic mass is 9.81. The topological polar surface area (TPSA) is 21.3 Å². The molecule has 1 spiro atoms. The molecule has 0 bridgehead atoms. The fourth-order valence-corrected chi connectivity index (χ4v) is 3.41. The summed E-state index contributed by atoms with van der Waals surface area (Å²) >= 11 is 0. The number of ether oxygens (including phenoxy) is 1. The summed E-state index contributed by atoms with van der Waals surface area (Å²) < 4.78 is 5.68. The maximum Gasteiger partial charge on any atom is 0.0630 e. The predicted molar refractivity (Wildman–Crippen MR) is 63.0 cm³/mol. The molecule has 88 valence electrons. The molecule has 2 rings (SSSR count). The van der Waals surface area contributed by atoms with Gasteiger partial charge in [-0.2, -0.15) is 0 Å². The van der Waals surface area contributed by atoms with Gasteiger partial charge in [-0.05, 0) is 44.7 Å². The first-order valence-electron chi connectivity index (χ1n) is 6.57. The maximum absolute atomic E-state index is 5.68. The average Bonchev–Trinajstić information content (AvgIpc) is 2.93. The quantitative estimate of drug-likeness (QED) is 0.706. The standard InChI is InChI=1S/C13H25NO/c1-3-8-14-10-11-9-13(11)7-5-4-6-12(13)15-2/h11-12,14H,3-10H2,1-2H3. The summed E-state index contributed by atoms with van der Waals surface area (Å²) in [6, 6.07) is 0. The molecule has 0 aromatic rings. The van der Waals surface area contributed by atoms with E-state index in [1.165, 1.54) is 51.6 Å². The molecule has 2 aliphatic rings. The van der Waals surface area contributed by atoms with Crippen LogP contribution < -0.4 is 5.32 Å². The second-order valence-electron chi connectivity index (χ2n) is 5.31. The highest BCUT2D eigenvalue weighted by atomic mass is 16.5. The van der Waals surface area contributed by atoms with E-state index in [0.717, 1.165) is 5.92 Å². The van der Waals surface area contributed by atoms with E-state index in [1.54, 1.807) is 0 Å². The van der Waals surface area contributed by atoms with Gasteiger partial charge in [0, 0.05) is 12.5 Å². The summed E-state index contributed by atoms with van der Waals surface area (Å²) in [5.41, 5.74) is 0.577. The third-order valence-electron chi connectivity index (χ3n) is 4.38. The molecule has 3 atom stereocenters. The molecular formula is C13H25NO. The third kappa shape index (κ3) is 2.21. The molecule has 2 fully saturated rings. The maximum atomic E-state index is 5.68. The first kappa shape index (κ1) is 11.4. The van der Waals surface area contributed by atoms with Gasteiger partial charge in [0.25, 0.3) is 0 Å². The van der Waals surface area contributed by atoms with Gasteiger partial charge in [0.05, 0.1) is 6.10 Å². The minimum Gasteiger partial charge on any atom is -0.381 e. The molecule has 3 unspecified atom stereocenters. The lowest BCUT2D eigenvalue weighted by Gasteiger charge is -2.32. The molecule has 0 aromatic carbocycles. The normalized spacial score (nSPS) is 39.6. The summed E-state index contributed by atoms with van der Waals surface area (Å²) in [5.74, 6) is 0.897. The Morgan fingerprint density at radius 2 is 2.27 bits per heavy atom. The SMILES string of the molecule is CCCNCC1CC12CCCCC2OC. The highest BCUT2D eigenvalue weighted by Gasteiger charge is 2.58. The van der Waals surface area contributed by atoms with Crippen LogP contribution in [-0.2, 0) is 4.74 Å². The van der Waals surface area contributed by atoms with Crippen molar-refractivity contribution >= 4 is 0 Å². The fraction of sp³-hybridized carbons (Fsp3) is 1.00. The van der Waals surface area contributed by atoms with Crippen LogP contribution in [0.4, 0.5) is 0 Å². The first-order chi connectivity index (χ1) is 7.33. The van der Waals surface area contributed by atoms with Crippen LogP contribution in [0.3, 0.4) is 0 Å². The smallest absolute Gasteiger partial charge is 0.0630 e. The van der Waals surface area contributed by atoms with Gasteiger partial charge in [-0.15, -0.1) is 0 Å². The van der Waals surface area contributed by atoms with Crippen molar-refractivity contribution in [2.75, 3.05) is 20.2 Å². The molecular weight excluding hydrogens is 186 g/mol. The largest absolute Gasteiger partial charge is 0.381 e.